The zero-order chi connectivity index (χ0) is 21.4. The van der Waals surface area contributed by atoms with Crippen LogP contribution in [-0.2, 0) is 6.54 Å². The average molecular weight is 404 g/mol. The van der Waals surface area contributed by atoms with Crippen LogP contribution in [0.2, 0.25) is 0 Å². The Hall–Kier alpha value is -3.32. The van der Waals surface area contributed by atoms with Crippen LogP contribution in [0.1, 0.15) is 38.7 Å². The predicted octanol–water partition coefficient (Wildman–Crippen LogP) is 8.66. The average Bonchev–Trinajstić information content (AvgIpc) is 3.16. The molecule has 4 aromatic carbocycles. The molecule has 0 radical (unpaired) electrons. The molecule has 0 fully saturated rings. The molecule has 1 nitrogen and oxygen atoms in total. The number of rotatable bonds is 5. The summed E-state index contributed by atoms with van der Waals surface area (Å²) in [6.07, 6.45) is 1.17. The lowest BCUT2D eigenvalue weighted by Gasteiger charge is -2.11. The van der Waals surface area contributed by atoms with Crippen LogP contribution in [0.5, 0.6) is 0 Å². The standard InChI is InChI=1S/C30H29N/c1-4-21(3)22-13-15-23(16-14-22)24-9-8-10-25(19-24)26-17-18-30-28(20-26)27-11-6-7-12-29(27)31(30)5-2/h6-21H,4-5H2,1-3H3. The molecule has 154 valence electrons. The monoisotopic (exact) mass is 403 g/mol. The van der Waals surface area contributed by atoms with Crippen LogP contribution in [0.3, 0.4) is 0 Å². The third-order valence-corrected chi connectivity index (χ3v) is 6.71. The van der Waals surface area contributed by atoms with Crippen molar-refractivity contribution >= 4 is 21.8 Å². The van der Waals surface area contributed by atoms with Crippen molar-refractivity contribution in [1.29, 1.82) is 0 Å². The van der Waals surface area contributed by atoms with E-state index in [0.29, 0.717) is 5.92 Å². The fourth-order valence-electron chi connectivity index (χ4n) is 4.69. The first-order valence-electron chi connectivity index (χ1n) is 11.4. The van der Waals surface area contributed by atoms with Gasteiger partial charge in [0.25, 0.3) is 0 Å². The van der Waals surface area contributed by atoms with Crippen molar-refractivity contribution in [2.45, 2.75) is 39.7 Å². The van der Waals surface area contributed by atoms with Gasteiger partial charge < -0.3 is 4.57 Å². The Morgan fingerprint density at radius 2 is 1.26 bits per heavy atom. The maximum Gasteiger partial charge on any atom is 0.0491 e. The largest absolute Gasteiger partial charge is 0.341 e. The summed E-state index contributed by atoms with van der Waals surface area (Å²) in [5, 5.41) is 2.66. The molecule has 5 aromatic rings. The van der Waals surface area contributed by atoms with Crippen molar-refractivity contribution in [2.75, 3.05) is 0 Å². The minimum absolute atomic E-state index is 0.609. The summed E-state index contributed by atoms with van der Waals surface area (Å²) < 4.78 is 2.41. The van der Waals surface area contributed by atoms with Gasteiger partial charge in [0.1, 0.15) is 0 Å². The smallest absolute Gasteiger partial charge is 0.0491 e. The first kappa shape index (κ1) is 19.6. The highest BCUT2D eigenvalue weighted by molar-refractivity contribution is 6.09. The lowest BCUT2D eigenvalue weighted by Crippen LogP contribution is -1.92. The zero-order valence-electron chi connectivity index (χ0n) is 18.6. The SMILES string of the molecule is CCC(C)c1ccc(-c2cccc(-c3ccc4c(c3)c3ccccc3n4CC)c2)cc1. The zero-order valence-corrected chi connectivity index (χ0v) is 18.6. The Balaban J connectivity index is 1.57. The van der Waals surface area contributed by atoms with Gasteiger partial charge in [-0.05, 0) is 71.3 Å². The molecule has 0 saturated carbocycles. The van der Waals surface area contributed by atoms with Gasteiger partial charge in [0.15, 0.2) is 0 Å². The normalized spacial score (nSPS) is 12.5. The van der Waals surface area contributed by atoms with Crippen molar-refractivity contribution in [3.63, 3.8) is 0 Å². The minimum Gasteiger partial charge on any atom is -0.341 e. The van der Waals surface area contributed by atoms with Crippen molar-refractivity contribution in [2.24, 2.45) is 0 Å². The maximum absolute atomic E-state index is 2.41. The van der Waals surface area contributed by atoms with E-state index in [1.165, 1.54) is 56.0 Å². The van der Waals surface area contributed by atoms with Crippen molar-refractivity contribution in [3.05, 3.63) is 96.6 Å². The molecule has 1 heterocycles. The minimum atomic E-state index is 0.609. The van der Waals surface area contributed by atoms with Crippen LogP contribution in [0.4, 0.5) is 0 Å². The number of hydrogen-bond donors (Lipinski definition) is 0. The van der Waals surface area contributed by atoms with Gasteiger partial charge in [-0.15, -0.1) is 0 Å². The lowest BCUT2D eigenvalue weighted by molar-refractivity contribution is 0.734. The van der Waals surface area contributed by atoms with Crippen molar-refractivity contribution in [3.8, 4) is 22.3 Å². The van der Waals surface area contributed by atoms with E-state index in [0.717, 1.165) is 6.54 Å². The molecule has 1 aromatic heterocycles. The molecular weight excluding hydrogens is 374 g/mol. The summed E-state index contributed by atoms with van der Waals surface area (Å²) in [7, 11) is 0. The van der Waals surface area contributed by atoms with Crippen LogP contribution in [-0.4, -0.2) is 4.57 Å². The third kappa shape index (κ3) is 3.45. The van der Waals surface area contributed by atoms with Crippen molar-refractivity contribution < 1.29 is 0 Å². The molecule has 0 aliphatic carbocycles. The molecule has 1 heteroatoms. The van der Waals surface area contributed by atoms with Crippen LogP contribution >= 0.6 is 0 Å². The van der Waals surface area contributed by atoms with Crippen LogP contribution in [0, 0.1) is 0 Å². The predicted molar refractivity (Wildman–Crippen MR) is 135 cm³/mol. The van der Waals surface area contributed by atoms with E-state index in [4.69, 9.17) is 0 Å². The van der Waals surface area contributed by atoms with Crippen LogP contribution in [0.25, 0.3) is 44.1 Å². The summed E-state index contributed by atoms with van der Waals surface area (Å²) in [5.74, 6) is 0.609. The highest BCUT2D eigenvalue weighted by Gasteiger charge is 2.11. The number of benzene rings is 4. The highest BCUT2D eigenvalue weighted by Crippen LogP contribution is 2.34. The number of hydrogen-bond acceptors (Lipinski definition) is 0. The molecule has 0 bridgehead atoms. The van der Waals surface area contributed by atoms with E-state index >= 15 is 0 Å². The molecule has 1 atom stereocenters. The van der Waals surface area contributed by atoms with E-state index in [2.05, 4.69) is 116 Å². The number of aromatic nitrogens is 1. The Labute approximate surface area is 185 Å². The summed E-state index contributed by atoms with van der Waals surface area (Å²) in [4.78, 5) is 0. The Kier molecular flexibility index (Phi) is 5.11. The summed E-state index contributed by atoms with van der Waals surface area (Å²) in [6.45, 7) is 7.74. The second-order valence-electron chi connectivity index (χ2n) is 8.51. The summed E-state index contributed by atoms with van der Waals surface area (Å²) in [6, 6.07) is 33.6. The fourth-order valence-corrected chi connectivity index (χ4v) is 4.69. The van der Waals surface area contributed by atoms with E-state index < -0.39 is 0 Å². The maximum atomic E-state index is 2.41. The molecule has 0 N–H and O–H groups in total. The summed E-state index contributed by atoms with van der Waals surface area (Å²) in [5.41, 5.74) is 9.11. The van der Waals surface area contributed by atoms with Gasteiger partial charge >= 0.3 is 0 Å². The first-order chi connectivity index (χ1) is 15.2. The third-order valence-electron chi connectivity index (χ3n) is 6.71. The van der Waals surface area contributed by atoms with Gasteiger partial charge in [0, 0.05) is 28.4 Å². The van der Waals surface area contributed by atoms with Gasteiger partial charge in [-0.1, -0.05) is 80.6 Å². The number of fused-ring (bicyclic) bond motifs is 3. The lowest BCUT2D eigenvalue weighted by atomic mass is 9.94. The second-order valence-corrected chi connectivity index (χ2v) is 8.51. The van der Waals surface area contributed by atoms with E-state index in [1.807, 2.05) is 0 Å². The number of para-hydroxylation sites is 1. The van der Waals surface area contributed by atoms with E-state index in [9.17, 15) is 0 Å². The van der Waals surface area contributed by atoms with Gasteiger partial charge in [-0.25, -0.2) is 0 Å². The molecule has 31 heavy (non-hydrogen) atoms. The van der Waals surface area contributed by atoms with Crippen molar-refractivity contribution in [1.82, 2.24) is 4.57 Å². The first-order valence-corrected chi connectivity index (χ1v) is 11.4. The molecule has 0 saturated heterocycles. The van der Waals surface area contributed by atoms with Gasteiger partial charge in [-0.2, -0.15) is 0 Å². The highest BCUT2D eigenvalue weighted by atomic mass is 15.0. The number of nitrogens with zero attached hydrogens (tertiary/aromatic N) is 1. The number of aryl methyl sites for hydroxylation is 1. The molecule has 5 rings (SSSR count). The van der Waals surface area contributed by atoms with E-state index in [-0.39, 0.29) is 0 Å². The Morgan fingerprint density at radius 1 is 0.613 bits per heavy atom. The van der Waals surface area contributed by atoms with Crippen LogP contribution in [0.15, 0.2) is 91.0 Å². The second kappa shape index (κ2) is 8.07. The molecular formula is C30H29N. The molecule has 0 aliphatic heterocycles. The molecule has 1 unspecified atom stereocenters. The molecule has 0 spiro atoms. The quantitative estimate of drug-likeness (QED) is 0.277. The molecule has 0 aliphatic rings. The topological polar surface area (TPSA) is 4.93 Å². The van der Waals surface area contributed by atoms with Gasteiger partial charge in [0.05, 0.1) is 0 Å². The fraction of sp³-hybridized carbons (Fsp3) is 0.200. The van der Waals surface area contributed by atoms with E-state index in [1.54, 1.807) is 0 Å². The van der Waals surface area contributed by atoms with Crippen LogP contribution < -0.4 is 0 Å². The van der Waals surface area contributed by atoms with Gasteiger partial charge in [0.2, 0.25) is 0 Å². The Morgan fingerprint density at radius 3 is 2.00 bits per heavy atom. The summed E-state index contributed by atoms with van der Waals surface area (Å²) >= 11 is 0. The molecule has 0 amide bonds. The Bertz CT molecular complexity index is 1350. The van der Waals surface area contributed by atoms with Gasteiger partial charge in [-0.3, -0.25) is 0 Å².